The third-order valence-electron chi connectivity index (χ3n) is 7.22. The average Bonchev–Trinajstić information content (AvgIpc) is 3.60. The van der Waals surface area contributed by atoms with Crippen molar-refractivity contribution in [1.29, 1.82) is 0 Å². The number of halogens is 1. The fourth-order valence-corrected chi connectivity index (χ4v) is 5.99. The lowest BCUT2D eigenvalue weighted by Gasteiger charge is -2.25. The Bertz CT molecular complexity index is 1570. The molecule has 2 aliphatic rings. The van der Waals surface area contributed by atoms with Crippen LogP contribution < -0.4 is 19.5 Å². The SMILES string of the molecule is Cc1ccc(NC(=O)C2(c3ccc4c(c3)OCO4)CC2)cc1-c1ccc(S(=O)(=O)NC(C)(CO)CO)cc1F.[HH].[HH].[HH].[HH]. The van der Waals surface area contributed by atoms with Crippen LogP contribution in [0, 0.1) is 12.7 Å². The number of amides is 1. The number of rotatable bonds is 9. The molecule has 9 nitrogen and oxygen atoms in total. The summed E-state index contributed by atoms with van der Waals surface area (Å²) in [7, 11) is -4.22. The highest BCUT2D eigenvalue weighted by Crippen LogP contribution is 2.51. The number of aryl methyl sites for hydroxylation is 1. The molecule has 3 aromatic rings. The number of aliphatic hydroxyl groups is 2. The number of sulfonamides is 1. The van der Waals surface area contributed by atoms with Gasteiger partial charge in [0.25, 0.3) is 0 Å². The van der Waals surface area contributed by atoms with Crippen molar-refractivity contribution in [3.8, 4) is 22.6 Å². The van der Waals surface area contributed by atoms with Crippen molar-refractivity contribution in [2.24, 2.45) is 0 Å². The van der Waals surface area contributed by atoms with Crippen LogP contribution >= 0.6 is 0 Å². The van der Waals surface area contributed by atoms with Gasteiger partial charge in [0.05, 0.1) is 29.1 Å². The molecule has 4 N–H and O–H groups in total. The van der Waals surface area contributed by atoms with Gasteiger partial charge in [-0.05, 0) is 79.8 Å². The number of hydrogen-bond acceptors (Lipinski definition) is 7. The molecule has 0 spiro atoms. The molecule has 1 aliphatic carbocycles. The third-order valence-corrected chi connectivity index (χ3v) is 8.86. The molecule has 0 aromatic heterocycles. The van der Waals surface area contributed by atoms with Gasteiger partial charge < -0.3 is 25.0 Å². The summed E-state index contributed by atoms with van der Waals surface area (Å²) in [4.78, 5) is 13.0. The molecular weight excluding hydrogens is 527 g/mol. The van der Waals surface area contributed by atoms with Crippen LogP contribution in [0.15, 0.2) is 59.5 Å². The van der Waals surface area contributed by atoms with Gasteiger partial charge in [0.2, 0.25) is 22.7 Å². The van der Waals surface area contributed by atoms with E-state index in [1.54, 1.807) is 31.2 Å². The molecule has 1 saturated carbocycles. The number of anilines is 1. The minimum absolute atomic E-state index is 0. The number of nitrogens with one attached hydrogen (secondary N) is 2. The molecule has 1 aliphatic heterocycles. The fourth-order valence-electron chi connectivity index (χ4n) is 4.59. The minimum atomic E-state index is -4.22. The lowest BCUT2D eigenvalue weighted by Crippen LogP contribution is -2.51. The summed E-state index contributed by atoms with van der Waals surface area (Å²) in [5.41, 5.74) is 0.510. The molecular formula is C28H37FN2O7S. The predicted octanol–water partition coefficient (Wildman–Crippen LogP) is 4.21. The van der Waals surface area contributed by atoms with E-state index < -0.39 is 40.0 Å². The van der Waals surface area contributed by atoms with Crippen molar-refractivity contribution in [2.45, 2.75) is 42.5 Å². The highest BCUT2D eigenvalue weighted by molar-refractivity contribution is 7.89. The van der Waals surface area contributed by atoms with Gasteiger partial charge in [-0.1, -0.05) is 18.2 Å². The van der Waals surface area contributed by atoms with E-state index in [9.17, 15) is 23.4 Å². The number of carbonyl (C=O) groups excluding carboxylic acids is 1. The molecule has 1 heterocycles. The van der Waals surface area contributed by atoms with E-state index in [1.807, 2.05) is 12.1 Å². The van der Waals surface area contributed by atoms with E-state index >= 15 is 4.39 Å². The van der Waals surface area contributed by atoms with Gasteiger partial charge in [-0.25, -0.2) is 17.5 Å². The van der Waals surface area contributed by atoms with Gasteiger partial charge >= 0.3 is 0 Å². The molecule has 1 fully saturated rings. The first kappa shape index (κ1) is 27.1. The molecule has 5 rings (SSSR count). The fraction of sp³-hybridized carbons (Fsp3) is 0.321. The predicted molar refractivity (Wildman–Crippen MR) is 150 cm³/mol. The van der Waals surface area contributed by atoms with Gasteiger partial charge in [-0.15, -0.1) is 0 Å². The number of fused-ring (bicyclic) bond motifs is 1. The Morgan fingerprint density at radius 1 is 1.03 bits per heavy atom. The molecule has 0 radical (unpaired) electrons. The maximum absolute atomic E-state index is 15.3. The smallest absolute Gasteiger partial charge is 0.241 e. The maximum Gasteiger partial charge on any atom is 0.241 e. The van der Waals surface area contributed by atoms with Crippen LogP contribution in [0.2, 0.25) is 0 Å². The van der Waals surface area contributed by atoms with E-state index in [4.69, 9.17) is 9.47 Å². The Morgan fingerprint density at radius 2 is 1.74 bits per heavy atom. The van der Waals surface area contributed by atoms with Crippen molar-refractivity contribution >= 4 is 21.6 Å². The van der Waals surface area contributed by atoms with E-state index in [1.165, 1.54) is 19.1 Å². The third kappa shape index (κ3) is 5.10. The molecule has 1 amide bonds. The summed E-state index contributed by atoms with van der Waals surface area (Å²) in [6.45, 7) is 1.98. The summed E-state index contributed by atoms with van der Waals surface area (Å²) in [5.74, 6) is 0.293. The van der Waals surface area contributed by atoms with Crippen LogP contribution in [0.25, 0.3) is 11.1 Å². The Morgan fingerprint density at radius 3 is 2.41 bits per heavy atom. The van der Waals surface area contributed by atoms with E-state index in [2.05, 4.69) is 10.0 Å². The molecule has 214 valence electrons. The number of ether oxygens (including phenoxy) is 2. The second-order valence-electron chi connectivity index (χ2n) is 10.3. The quantitative estimate of drug-likeness (QED) is 0.306. The Kier molecular flexibility index (Phi) is 6.88. The first-order valence-electron chi connectivity index (χ1n) is 12.4. The summed E-state index contributed by atoms with van der Waals surface area (Å²) in [6, 6.07) is 14.1. The van der Waals surface area contributed by atoms with Crippen molar-refractivity contribution in [3.63, 3.8) is 0 Å². The topological polar surface area (TPSA) is 134 Å². The molecule has 11 heteroatoms. The Balaban J connectivity index is 0.00000231. The average molecular weight is 565 g/mol. The lowest BCUT2D eigenvalue weighted by molar-refractivity contribution is -0.118. The van der Waals surface area contributed by atoms with Gasteiger partial charge in [0, 0.05) is 17.0 Å². The van der Waals surface area contributed by atoms with Crippen LogP contribution in [0.4, 0.5) is 10.1 Å². The molecule has 0 atom stereocenters. The standard InChI is InChI=1S/C28H29FN2O7S.4H2/c1-17-3-5-19(30-26(34)28(9-10-28)18-4-8-24-25(11-18)38-16-37-24)12-22(17)21-7-6-20(13-23(21)29)39(35,36)31-27(2,14-32)15-33;;;;/h3-8,11-13,31-33H,9-10,14-16H2,1-2H3,(H,30,34);4*1H. The van der Waals surface area contributed by atoms with E-state index in [0.717, 1.165) is 17.2 Å². The lowest BCUT2D eigenvalue weighted by atomic mass is 9.94. The van der Waals surface area contributed by atoms with Gasteiger partial charge in [0.1, 0.15) is 5.82 Å². The highest BCUT2D eigenvalue weighted by atomic mass is 32.2. The van der Waals surface area contributed by atoms with Crippen LogP contribution in [-0.4, -0.2) is 50.1 Å². The van der Waals surface area contributed by atoms with Crippen molar-refractivity contribution < 1.29 is 43.0 Å². The first-order valence-corrected chi connectivity index (χ1v) is 13.9. The number of hydrogen-bond donors (Lipinski definition) is 4. The van der Waals surface area contributed by atoms with E-state index in [0.29, 0.717) is 35.6 Å². The summed E-state index contributed by atoms with van der Waals surface area (Å²) < 4.78 is 53.7. The number of carbonyl (C=O) groups is 1. The van der Waals surface area contributed by atoms with Crippen molar-refractivity contribution in [2.75, 3.05) is 25.3 Å². The molecule has 39 heavy (non-hydrogen) atoms. The van der Waals surface area contributed by atoms with Crippen LogP contribution in [-0.2, 0) is 20.2 Å². The van der Waals surface area contributed by atoms with Crippen LogP contribution in [0.3, 0.4) is 0 Å². The zero-order chi connectivity index (χ0) is 28.0. The van der Waals surface area contributed by atoms with Gasteiger partial charge in [0.15, 0.2) is 11.5 Å². The van der Waals surface area contributed by atoms with Gasteiger partial charge in [-0.2, -0.15) is 0 Å². The maximum atomic E-state index is 15.3. The summed E-state index contributed by atoms with van der Waals surface area (Å²) in [6.07, 6.45) is 1.36. The molecule has 3 aromatic carbocycles. The highest BCUT2D eigenvalue weighted by Gasteiger charge is 2.51. The van der Waals surface area contributed by atoms with Crippen LogP contribution in [0.1, 0.15) is 36.6 Å². The first-order chi connectivity index (χ1) is 18.5. The zero-order valence-electron chi connectivity index (χ0n) is 21.5. The molecule has 0 unspecified atom stereocenters. The van der Waals surface area contributed by atoms with Crippen molar-refractivity contribution in [3.05, 3.63) is 71.5 Å². The Hall–Kier alpha value is -3.51. The second-order valence-corrected chi connectivity index (χ2v) is 11.9. The number of benzene rings is 3. The monoisotopic (exact) mass is 564 g/mol. The summed E-state index contributed by atoms with van der Waals surface area (Å²) in [5, 5.41) is 21.8. The van der Waals surface area contributed by atoms with Crippen molar-refractivity contribution in [1.82, 2.24) is 4.72 Å². The zero-order valence-corrected chi connectivity index (χ0v) is 22.3. The number of aliphatic hydroxyl groups excluding tert-OH is 2. The van der Waals surface area contributed by atoms with E-state index in [-0.39, 0.29) is 28.9 Å². The van der Waals surface area contributed by atoms with Crippen LogP contribution in [0.5, 0.6) is 11.5 Å². The molecule has 0 bridgehead atoms. The Labute approximate surface area is 231 Å². The summed E-state index contributed by atoms with van der Waals surface area (Å²) >= 11 is 0. The largest absolute Gasteiger partial charge is 0.454 e. The van der Waals surface area contributed by atoms with Gasteiger partial charge in [-0.3, -0.25) is 4.79 Å². The minimum Gasteiger partial charge on any atom is -0.454 e. The second kappa shape index (κ2) is 9.91. The normalized spacial score (nSPS) is 15.7. The molecule has 0 saturated heterocycles.